The van der Waals surface area contributed by atoms with Crippen LogP contribution in [0.2, 0.25) is 5.02 Å². The lowest BCUT2D eigenvalue weighted by Crippen LogP contribution is -2.38. The Bertz CT molecular complexity index is 742. The number of halogens is 1. The number of ether oxygens (including phenoxy) is 1. The predicted molar refractivity (Wildman–Crippen MR) is 93.5 cm³/mol. The standard InChI is InChI=1S/C18H21ClN2O4/c1-11(22)15-16(12-5-7-13(19)8-6-12)20-25-17(15)18(23)21-9-3-4-14(21)10-24-2/h5-8,11,14,22H,3-4,9-10H2,1-2H3. The highest BCUT2D eigenvalue weighted by Gasteiger charge is 2.35. The van der Waals surface area contributed by atoms with E-state index in [1.54, 1.807) is 43.2 Å². The summed E-state index contributed by atoms with van der Waals surface area (Å²) >= 11 is 5.92. The van der Waals surface area contributed by atoms with Crippen LogP contribution >= 0.6 is 11.6 Å². The van der Waals surface area contributed by atoms with E-state index in [1.807, 2.05) is 0 Å². The Hall–Kier alpha value is -1.89. The van der Waals surface area contributed by atoms with Crippen molar-refractivity contribution in [2.75, 3.05) is 20.3 Å². The molecule has 2 unspecified atom stereocenters. The second-order valence-electron chi connectivity index (χ2n) is 6.21. The molecule has 1 amide bonds. The minimum absolute atomic E-state index is 0.0171. The summed E-state index contributed by atoms with van der Waals surface area (Å²) in [4.78, 5) is 14.7. The van der Waals surface area contributed by atoms with E-state index in [0.29, 0.717) is 29.4 Å². The molecule has 1 aromatic heterocycles. The number of hydrogen-bond donors (Lipinski definition) is 1. The normalized spacial score (nSPS) is 18.6. The van der Waals surface area contributed by atoms with Crippen molar-refractivity contribution in [2.45, 2.75) is 31.9 Å². The molecule has 1 aliphatic rings. The Balaban J connectivity index is 1.97. The number of hydrogen-bond acceptors (Lipinski definition) is 5. The molecule has 1 aliphatic heterocycles. The van der Waals surface area contributed by atoms with Crippen molar-refractivity contribution in [3.63, 3.8) is 0 Å². The lowest BCUT2D eigenvalue weighted by molar-refractivity contribution is 0.0585. The summed E-state index contributed by atoms with van der Waals surface area (Å²) in [5, 5.41) is 14.9. The lowest BCUT2D eigenvalue weighted by atomic mass is 10.0. The highest BCUT2D eigenvalue weighted by Crippen LogP contribution is 2.33. The molecule has 0 aliphatic carbocycles. The lowest BCUT2D eigenvalue weighted by Gasteiger charge is -2.23. The molecule has 25 heavy (non-hydrogen) atoms. The number of rotatable bonds is 5. The van der Waals surface area contributed by atoms with Crippen molar-refractivity contribution in [3.8, 4) is 11.3 Å². The van der Waals surface area contributed by atoms with E-state index in [2.05, 4.69) is 5.16 Å². The zero-order valence-corrected chi connectivity index (χ0v) is 15.0. The quantitative estimate of drug-likeness (QED) is 0.880. The van der Waals surface area contributed by atoms with Gasteiger partial charge in [0.15, 0.2) is 0 Å². The number of benzene rings is 1. The van der Waals surface area contributed by atoms with Gasteiger partial charge in [0.05, 0.1) is 24.3 Å². The molecule has 2 heterocycles. The summed E-state index contributed by atoms with van der Waals surface area (Å²) in [7, 11) is 1.62. The minimum Gasteiger partial charge on any atom is -0.388 e. The molecule has 134 valence electrons. The molecule has 0 saturated carbocycles. The number of nitrogens with zero attached hydrogens (tertiary/aromatic N) is 2. The van der Waals surface area contributed by atoms with Crippen LogP contribution in [0.1, 0.15) is 42.0 Å². The Morgan fingerprint density at radius 1 is 1.48 bits per heavy atom. The minimum atomic E-state index is -0.889. The second-order valence-corrected chi connectivity index (χ2v) is 6.64. The molecular formula is C18H21ClN2O4. The third kappa shape index (κ3) is 3.56. The fraction of sp³-hybridized carbons (Fsp3) is 0.444. The maximum absolute atomic E-state index is 13.0. The summed E-state index contributed by atoms with van der Waals surface area (Å²) < 4.78 is 10.6. The average molecular weight is 365 g/mol. The Labute approximate surface area is 151 Å². The highest BCUT2D eigenvalue weighted by molar-refractivity contribution is 6.30. The SMILES string of the molecule is COCC1CCCN1C(=O)c1onc(-c2ccc(Cl)cc2)c1C(C)O. The number of aromatic nitrogens is 1. The van der Waals surface area contributed by atoms with Gasteiger partial charge in [-0.25, -0.2) is 0 Å². The molecular weight excluding hydrogens is 344 g/mol. The summed E-state index contributed by atoms with van der Waals surface area (Å²) in [5.41, 5.74) is 1.59. The van der Waals surface area contributed by atoms with Gasteiger partial charge in [-0.3, -0.25) is 4.79 Å². The maximum Gasteiger partial charge on any atom is 0.293 e. The average Bonchev–Trinajstić information content (AvgIpc) is 3.22. The van der Waals surface area contributed by atoms with Crippen LogP contribution in [0.15, 0.2) is 28.8 Å². The first-order valence-electron chi connectivity index (χ1n) is 8.26. The molecule has 1 aromatic carbocycles. The van der Waals surface area contributed by atoms with Crippen molar-refractivity contribution in [2.24, 2.45) is 0 Å². The van der Waals surface area contributed by atoms with Crippen molar-refractivity contribution < 1.29 is 19.2 Å². The van der Waals surface area contributed by atoms with Crippen LogP contribution in [-0.4, -0.2) is 47.4 Å². The van der Waals surface area contributed by atoms with Gasteiger partial charge in [0.2, 0.25) is 5.76 Å². The van der Waals surface area contributed by atoms with Crippen molar-refractivity contribution in [1.82, 2.24) is 10.1 Å². The van der Waals surface area contributed by atoms with E-state index in [1.165, 1.54) is 0 Å². The van der Waals surface area contributed by atoms with Gasteiger partial charge in [-0.1, -0.05) is 28.9 Å². The number of amides is 1. The maximum atomic E-state index is 13.0. The van der Waals surface area contributed by atoms with Crippen LogP contribution in [0, 0.1) is 0 Å². The number of likely N-dealkylation sites (tertiary alicyclic amines) is 1. The first kappa shape index (κ1) is 17.9. The molecule has 0 bridgehead atoms. The van der Waals surface area contributed by atoms with Crippen LogP contribution in [0.3, 0.4) is 0 Å². The van der Waals surface area contributed by atoms with Gasteiger partial charge < -0.3 is 19.3 Å². The molecule has 1 N–H and O–H groups in total. The number of aliphatic hydroxyl groups is 1. The summed E-state index contributed by atoms with van der Waals surface area (Å²) in [6.45, 7) is 2.72. The van der Waals surface area contributed by atoms with E-state index < -0.39 is 6.10 Å². The molecule has 0 spiro atoms. The van der Waals surface area contributed by atoms with Crippen molar-refractivity contribution in [3.05, 3.63) is 40.6 Å². The highest BCUT2D eigenvalue weighted by atomic mass is 35.5. The van der Waals surface area contributed by atoms with Gasteiger partial charge in [-0.15, -0.1) is 0 Å². The monoisotopic (exact) mass is 364 g/mol. The van der Waals surface area contributed by atoms with E-state index in [-0.39, 0.29) is 17.7 Å². The smallest absolute Gasteiger partial charge is 0.293 e. The van der Waals surface area contributed by atoms with Gasteiger partial charge in [-0.05, 0) is 31.9 Å². The van der Waals surface area contributed by atoms with Crippen molar-refractivity contribution >= 4 is 17.5 Å². The molecule has 1 fully saturated rings. The van der Waals surface area contributed by atoms with Gasteiger partial charge in [0.25, 0.3) is 5.91 Å². The fourth-order valence-electron chi connectivity index (χ4n) is 3.25. The van der Waals surface area contributed by atoms with Gasteiger partial charge >= 0.3 is 0 Å². The fourth-order valence-corrected chi connectivity index (χ4v) is 3.38. The Kier molecular flexibility index (Phi) is 5.42. The van der Waals surface area contributed by atoms with Gasteiger partial charge in [0.1, 0.15) is 5.69 Å². The van der Waals surface area contributed by atoms with Crippen molar-refractivity contribution in [1.29, 1.82) is 0 Å². The van der Waals surface area contributed by atoms with E-state index in [9.17, 15) is 9.90 Å². The van der Waals surface area contributed by atoms with Gasteiger partial charge in [0, 0.05) is 24.2 Å². The number of aliphatic hydroxyl groups excluding tert-OH is 1. The van der Waals surface area contributed by atoms with Gasteiger partial charge in [-0.2, -0.15) is 0 Å². The first-order valence-corrected chi connectivity index (χ1v) is 8.64. The van der Waals surface area contributed by atoms with E-state index in [4.69, 9.17) is 20.9 Å². The van der Waals surface area contributed by atoms with Crippen LogP contribution < -0.4 is 0 Å². The van der Waals surface area contributed by atoms with Crippen LogP contribution in [-0.2, 0) is 4.74 Å². The van der Waals surface area contributed by atoms with E-state index >= 15 is 0 Å². The zero-order chi connectivity index (χ0) is 18.0. The molecule has 7 heteroatoms. The predicted octanol–water partition coefficient (Wildman–Crippen LogP) is 3.30. The third-order valence-electron chi connectivity index (χ3n) is 4.45. The molecule has 2 aromatic rings. The first-order chi connectivity index (χ1) is 12.0. The molecule has 1 saturated heterocycles. The second kappa shape index (κ2) is 7.56. The summed E-state index contributed by atoms with van der Waals surface area (Å²) in [6.07, 6.45) is 0.920. The zero-order valence-electron chi connectivity index (χ0n) is 14.2. The molecule has 2 atom stereocenters. The molecule has 6 nitrogen and oxygen atoms in total. The summed E-state index contributed by atoms with van der Waals surface area (Å²) in [6, 6.07) is 7.04. The summed E-state index contributed by atoms with van der Waals surface area (Å²) in [5.74, 6) is -0.175. The largest absolute Gasteiger partial charge is 0.388 e. The Morgan fingerprint density at radius 3 is 2.84 bits per heavy atom. The Morgan fingerprint density at radius 2 is 2.20 bits per heavy atom. The van der Waals surface area contributed by atoms with E-state index in [0.717, 1.165) is 18.4 Å². The molecule has 0 radical (unpaired) electrons. The third-order valence-corrected chi connectivity index (χ3v) is 4.71. The van der Waals surface area contributed by atoms with Crippen LogP contribution in [0.4, 0.5) is 0 Å². The number of carbonyl (C=O) groups excluding carboxylic acids is 1. The number of carbonyl (C=O) groups is 1. The van der Waals surface area contributed by atoms with Crippen LogP contribution in [0.5, 0.6) is 0 Å². The number of methoxy groups -OCH3 is 1. The molecule has 3 rings (SSSR count). The topological polar surface area (TPSA) is 75.8 Å². The van der Waals surface area contributed by atoms with Crippen LogP contribution in [0.25, 0.3) is 11.3 Å².